The van der Waals surface area contributed by atoms with E-state index in [1.54, 1.807) is 25.1 Å². The molecule has 0 atom stereocenters. The van der Waals surface area contributed by atoms with Crippen LogP contribution in [0.5, 0.6) is 5.75 Å². The van der Waals surface area contributed by atoms with Crippen LogP contribution in [0.25, 0.3) is 0 Å². The zero-order chi connectivity index (χ0) is 17.2. The molecule has 0 fully saturated rings. The Bertz CT molecular complexity index is 845. The van der Waals surface area contributed by atoms with Gasteiger partial charge >= 0.3 is 10.1 Å². The molecule has 2 rings (SSSR count). The summed E-state index contributed by atoms with van der Waals surface area (Å²) < 4.78 is 30.7. The Morgan fingerprint density at radius 1 is 1.09 bits per heavy atom. The summed E-state index contributed by atoms with van der Waals surface area (Å²) in [7, 11) is -3.94. The van der Waals surface area contributed by atoms with E-state index in [9.17, 15) is 13.2 Å². The van der Waals surface area contributed by atoms with E-state index in [-0.39, 0.29) is 16.6 Å². The van der Waals surface area contributed by atoms with Crippen molar-refractivity contribution >= 4 is 37.6 Å². The molecule has 2 aromatic rings. The molecule has 0 aliphatic carbocycles. The first-order valence-corrected chi connectivity index (χ1v) is 8.98. The molecule has 5 nitrogen and oxygen atoms in total. The molecule has 23 heavy (non-hydrogen) atoms. The second-order valence-corrected chi connectivity index (χ2v) is 7.48. The molecule has 0 aromatic heterocycles. The van der Waals surface area contributed by atoms with Crippen LogP contribution in [-0.2, 0) is 14.9 Å². The van der Waals surface area contributed by atoms with Gasteiger partial charge in [0.15, 0.2) is 0 Å². The molecule has 122 valence electrons. The van der Waals surface area contributed by atoms with E-state index >= 15 is 0 Å². The lowest BCUT2D eigenvalue weighted by Gasteiger charge is -2.11. The van der Waals surface area contributed by atoms with Gasteiger partial charge in [0.05, 0.1) is 0 Å². The minimum absolute atomic E-state index is 0.112. The van der Waals surface area contributed by atoms with Crippen molar-refractivity contribution in [3.05, 3.63) is 52.0 Å². The summed E-state index contributed by atoms with van der Waals surface area (Å²) in [6.07, 6.45) is 0. The Hall–Kier alpha value is -1.86. The van der Waals surface area contributed by atoms with Gasteiger partial charge in [-0.25, -0.2) is 0 Å². The van der Waals surface area contributed by atoms with Gasteiger partial charge in [-0.1, -0.05) is 22.0 Å². The summed E-state index contributed by atoms with van der Waals surface area (Å²) in [6.45, 7) is 5.00. The van der Waals surface area contributed by atoms with Gasteiger partial charge in [0.1, 0.15) is 10.6 Å². The van der Waals surface area contributed by atoms with Crippen LogP contribution in [0.1, 0.15) is 18.1 Å². The number of benzene rings is 2. The Kier molecular flexibility index (Phi) is 5.11. The molecule has 7 heteroatoms. The zero-order valence-corrected chi connectivity index (χ0v) is 15.3. The molecule has 0 spiro atoms. The summed E-state index contributed by atoms with van der Waals surface area (Å²) in [5.41, 5.74) is 2.12. The van der Waals surface area contributed by atoms with Crippen LogP contribution < -0.4 is 9.50 Å². The van der Waals surface area contributed by atoms with Crippen molar-refractivity contribution in [1.29, 1.82) is 0 Å². The molecule has 0 bridgehead atoms. The van der Waals surface area contributed by atoms with Crippen LogP contribution in [0.3, 0.4) is 0 Å². The van der Waals surface area contributed by atoms with E-state index in [0.717, 1.165) is 5.56 Å². The molecule has 2 aromatic carbocycles. The average molecular weight is 398 g/mol. The molecule has 0 aliphatic rings. The first kappa shape index (κ1) is 17.5. The summed E-state index contributed by atoms with van der Waals surface area (Å²) in [6, 6.07) is 9.43. The van der Waals surface area contributed by atoms with E-state index in [4.69, 9.17) is 4.18 Å². The number of carbonyl (C=O) groups is 1. The lowest BCUT2D eigenvalue weighted by atomic mass is 10.2. The lowest BCUT2D eigenvalue weighted by molar-refractivity contribution is -0.114. The molecular formula is C16H16BrNO4S. The highest BCUT2D eigenvalue weighted by Gasteiger charge is 2.20. The number of hydrogen-bond acceptors (Lipinski definition) is 4. The third kappa shape index (κ3) is 4.33. The van der Waals surface area contributed by atoms with Gasteiger partial charge in [-0.2, -0.15) is 8.42 Å². The van der Waals surface area contributed by atoms with Gasteiger partial charge in [-0.05, 0) is 55.3 Å². The van der Waals surface area contributed by atoms with Crippen molar-refractivity contribution in [1.82, 2.24) is 0 Å². The van der Waals surface area contributed by atoms with Crippen molar-refractivity contribution < 1.29 is 17.4 Å². The van der Waals surface area contributed by atoms with Gasteiger partial charge < -0.3 is 9.50 Å². The number of nitrogens with one attached hydrogen (secondary N) is 1. The topological polar surface area (TPSA) is 72.5 Å². The molecule has 0 radical (unpaired) electrons. The van der Waals surface area contributed by atoms with Crippen molar-refractivity contribution in [2.75, 3.05) is 5.32 Å². The number of amides is 1. The van der Waals surface area contributed by atoms with E-state index in [0.29, 0.717) is 15.7 Å². The van der Waals surface area contributed by atoms with Crippen LogP contribution in [0.2, 0.25) is 0 Å². The molecule has 0 aliphatic heterocycles. The lowest BCUT2D eigenvalue weighted by Crippen LogP contribution is -2.12. The van der Waals surface area contributed by atoms with Gasteiger partial charge in [0.2, 0.25) is 5.91 Å². The van der Waals surface area contributed by atoms with Crippen LogP contribution in [0, 0.1) is 13.8 Å². The smallest absolute Gasteiger partial charge is 0.339 e. The van der Waals surface area contributed by atoms with Crippen molar-refractivity contribution in [3.63, 3.8) is 0 Å². The highest BCUT2D eigenvalue weighted by atomic mass is 79.9. The van der Waals surface area contributed by atoms with Crippen molar-refractivity contribution in [2.45, 2.75) is 25.7 Å². The van der Waals surface area contributed by atoms with Gasteiger partial charge in [-0.15, -0.1) is 0 Å². The molecule has 1 amide bonds. The minimum atomic E-state index is -3.94. The molecular weight excluding hydrogens is 382 g/mol. The number of halogens is 1. The first-order valence-electron chi connectivity index (χ1n) is 6.78. The van der Waals surface area contributed by atoms with Gasteiger partial charge in [-0.3, -0.25) is 4.79 Å². The van der Waals surface area contributed by atoms with E-state index in [2.05, 4.69) is 21.2 Å². The molecule has 0 saturated carbocycles. The third-order valence-corrected chi connectivity index (χ3v) is 5.35. The average Bonchev–Trinajstić information content (AvgIpc) is 2.44. The van der Waals surface area contributed by atoms with E-state index in [1.807, 2.05) is 6.92 Å². The summed E-state index contributed by atoms with van der Waals surface area (Å²) in [4.78, 5) is 11.1. The maximum absolute atomic E-state index is 12.4. The Morgan fingerprint density at radius 3 is 2.26 bits per heavy atom. The zero-order valence-electron chi connectivity index (χ0n) is 12.9. The van der Waals surface area contributed by atoms with Crippen LogP contribution in [0.4, 0.5) is 5.69 Å². The van der Waals surface area contributed by atoms with E-state index < -0.39 is 10.1 Å². The fraction of sp³-hybridized carbons (Fsp3) is 0.188. The predicted octanol–water partition coefficient (Wildman–Crippen LogP) is 3.79. The Morgan fingerprint density at radius 2 is 1.70 bits per heavy atom. The summed E-state index contributed by atoms with van der Waals surface area (Å²) in [5, 5.41) is 2.60. The number of anilines is 1. The van der Waals surface area contributed by atoms with Crippen LogP contribution >= 0.6 is 15.9 Å². The number of rotatable bonds is 4. The maximum Gasteiger partial charge on any atom is 0.339 e. The fourth-order valence-electron chi connectivity index (χ4n) is 2.05. The van der Waals surface area contributed by atoms with E-state index in [1.165, 1.54) is 25.1 Å². The monoisotopic (exact) mass is 397 g/mol. The number of carbonyl (C=O) groups excluding carboxylic acids is 1. The van der Waals surface area contributed by atoms with Crippen molar-refractivity contribution in [3.8, 4) is 5.75 Å². The van der Waals surface area contributed by atoms with Crippen molar-refractivity contribution in [2.24, 2.45) is 0 Å². The van der Waals surface area contributed by atoms with Crippen LogP contribution in [-0.4, -0.2) is 14.3 Å². The quantitative estimate of drug-likeness (QED) is 0.796. The standard InChI is InChI=1S/C16H16BrNO4S/c1-10-8-11(2)16(9-15(10)17)23(20,21)22-14-6-4-13(5-7-14)18-12(3)19/h4-9H,1-3H3,(H,18,19). The Balaban J connectivity index is 2.28. The summed E-state index contributed by atoms with van der Waals surface area (Å²) in [5.74, 6) is -0.0263. The Labute approximate surface area is 143 Å². The normalized spacial score (nSPS) is 11.1. The summed E-state index contributed by atoms with van der Waals surface area (Å²) >= 11 is 3.33. The highest BCUT2D eigenvalue weighted by Crippen LogP contribution is 2.27. The predicted molar refractivity (Wildman–Crippen MR) is 92.2 cm³/mol. The van der Waals surface area contributed by atoms with Crippen LogP contribution in [0.15, 0.2) is 45.8 Å². The SMILES string of the molecule is CC(=O)Nc1ccc(OS(=O)(=O)c2cc(Br)c(C)cc2C)cc1. The molecule has 0 unspecified atom stereocenters. The second-order valence-electron chi connectivity index (χ2n) is 5.11. The largest absolute Gasteiger partial charge is 0.379 e. The second kappa shape index (κ2) is 6.72. The fourth-order valence-corrected chi connectivity index (χ4v) is 3.71. The molecule has 0 saturated heterocycles. The maximum atomic E-state index is 12.4. The highest BCUT2D eigenvalue weighted by molar-refractivity contribution is 9.10. The minimum Gasteiger partial charge on any atom is -0.379 e. The van der Waals surface area contributed by atoms with Gasteiger partial charge in [0.25, 0.3) is 0 Å². The number of hydrogen-bond donors (Lipinski definition) is 1. The first-order chi connectivity index (χ1) is 10.7. The third-order valence-electron chi connectivity index (χ3n) is 3.11. The van der Waals surface area contributed by atoms with Gasteiger partial charge in [0, 0.05) is 17.1 Å². The molecule has 1 N–H and O–H groups in total. The molecule has 0 heterocycles. The number of aryl methyl sites for hydroxylation is 2.